The van der Waals surface area contributed by atoms with Gasteiger partial charge in [-0.05, 0) is 19.3 Å². The average molecular weight is 448 g/mol. The maximum Gasteiger partial charge on any atom is 0.408 e. The molecule has 10 heteroatoms. The standard InChI is InChI=1S/C22H23F3N4O3/c23-22(24,25)18-8-9-28-20(31)10-19(27-11-15-6-7-16(12-27)32-15)26-21(28)29(18)13-17(30)14-4-2-1-3-5-14/h1-5,10,15-16,18H,6-9,11-13H2/t15?,16?,18-/m0/s1. The van der Waals surface area contributed by atoms with Crippen molar-refractivity contribution in [2.75, 3.05) is 29.4 Å². The molecular weight excluding hydrogens is 425 g/mol. The third kappa shape index (κ3) is 3.87. The summed E-state index contributed by atoms with van der Waals surface area (Å²) in [4.78, 5) is 33.0. The highest BCUT2D eigenvalue weighted by Gasteiger charge is 2.47. The predicted molar refractivity (Wildman–Crippen MR) is 111 cm³/mol. The lowest BCUT2D eigenvalue weighted by atomic mass is 10.1. The number of anilines is 2. The van der Waals surface area contributed by atoms with Gasteiger partial charge in [0, 0.05) is 31.3 Å². The lowest BCUT2D eigenvalue weighted by Crippen LogP contribution is -2.54. The molecule has 2 bridgehead atoms. The number of halogens is 3. The summed E-state index contributed by atoms with van der Waals surface area (Å²) in [6.07, 6.45) is -2.98. The minimum Gasteiger partial charge on any atom is -0.371 e. The zero-order chi connectivity index (χ0) is 22.5. The molecule has 3 atom stereocenters. The van der Waals surface area contributed by atoms with Gasteiger partial charge in [0.2, 0.25) is 5.95 Å². The number of hydrogen-bond donors (Lipinski definition) is 0. The summed E-state index contributed by atoms with van der Waals surface area (Å²) in [6, 6.07) is 7.66. The lowest BCUT2D eigenvalue weighted by Gasteiger charge is -2.39. The molecule has 2 aromatic rings. The molecule has 1 aromatic heterocycles. The van der Waals surface area contributed by atoms with E-state index in [-0.39, 0.29) is 31.1 Å². The first-order valence-corrected chi connectivity index (χ1v) is 10.7. The molecule has 1 aromatic carbocycles. The first-order valence-electron chi connectivity index (χ1n) is 10.7. The Morgan fingerprint density at radius 1 is 1.09 bits per heavy atom. The quantitative estimate of drug-likeness (QED) is 0.670. The molecule has 4 heterocycles. The molecule has 7 nitrogen and oxygen atoms in total. The number of nitrogens with zero attached hydrogens (tertiary/aromatic N) is 4. The van der Waals surface area contributed by atoms with E-state index >= 15 is 0 Å². The number of ketones is 1. The number of benzene rings is 1. The third-order valence-corrected chi connectivity index (χ3v) is 6.39. The van der Waals surface area contributed by atoms with Crippen molar-refractivity contribution in [1.82, 2.24) is 9.55 Å². The van der Waals surface area contributed by atoms with Crippen molar-refractivity contribution in [2.24, 2.45) is 0 Å². The minimum absolute atomic E-state index is 0.0352. The molecule has 32 heavy (non-hydrogen) atoms. The highest BCUT2D eigenvalue weighted by molar-refractivity contribution is 5.99. The van der Waals surface area contributed by atoms with Crippen LogP contribution in [0.5, 0.6) is 0 Å². The van der Waals surface area contributed by atoms with Gasteiger partial charge in [0.25, 0.3) is 5.56 Å². The molecule has 0 radical (unpaired) electrons. The zero-order valence-electron chi connectivity index (χ0n) is 17.3. The molecule has 2 fully saturated rings. The van der Waals surface area contributed by atoms with Crippen molar-refractivity contribution in [3.8, 4) is 0 Å². The maximum absolute atomic E-state index is 13.9. The van der Waals surface area contributed by atoms with E-state index in [0.29, 0.717) is 24.5 Å². The number of morpholine rings is 1. The van der Waals surface area contributed by atoms with Crippen LogP contribution in [0.3, 0.4) is 0 Å². The Hall–Kier alpha value is -2.88. The Kier molecular flexibility index (Phi) is 5.19. The molecule has 3 aliphatic heterocycles. The number of carbonyl (C=O) groups excluding carboxylic acids is 1. The molecular formula is C22H23F3N4O3. The molecule has 170 valence electrons. The number of alkyl halides is 3. The van der Waals surface area contributed by atoms with Gasteiger partial charge in [-0.1, -0.05) is 30.3 Å². The second-order valence-corrected chi connectivity index (χ2v) is 8.53. The molecule has 0 saturated carbocycles. The van der Waals surface area contributed by atoms with Crippen LogP contribution in [0.2, 0.25) is 0 Å². The number of Topliss-reactive ketones (excluding diaryl/α,β-unsaturated/α-hetero) is 1. The van der Waals surface area contributed by atoms with Crippen LogP contribution in [0.4, 0.5) is 24.9 Å². The van der Waals surface area contributed by atoms with Crippen molar-refractivity contribution in [2.45, 2.75) is 50.2 Å². The predicted octanol–water partition coefficient (Wildman–Crippen LogP) is 2.63. The summed E-state index contributed by atoms with van der Waals surface area (Å²) < 4.78 is 48.8. The van der Waals surface area contributed by atoms with Crippen molar-refractivity contribution in [3.05, 3.63) is 52.3 Å². The number of hydrogen-bond acceptors (Lipinski definition) is 6. The number of carbonyl (C=O) groups is 1. The molecule has 2 saturated heterocycles. The molecule has 0 spiro atoms. The summed E-state index contributed by atoms with van der Waals surface area (Å²) in [5.41, 5.74) is -0.101. The van der Waals surface area contributed by atoms with E-state index < -0.39 is 30.1 Å². The van der Waals surface area contributed by atoms with Crippen molar-refractivity contribution in [3.63, 3.8) is 0 Å². The summed E-state index contributed by atoms with van der Waals surface area (Å²) in [7, 11) is 0. The number of fused-ring (bicyclic) bond motifs is 3. The summed E-state index contributed by atoms with van der Waals surface area (Å²) in [6.45, 7) is 0.463. The van der Waals surface area contributed by atoms with E-state index in [1.807, 2.05) is 4.90 Å². The Balaban J connectivity index is 1.53. The Morgan fingerprint density at radius 2 is 1.78 bits per heavy atom. The second kappa shape index (κ2) is 7.91. The SMILES string of the molecule is O=C(CN1c2nc(N3CC4CCC(C3)O4)cc(=O)n2CC[C@H]1C(F)(F)F)c1ccccc1. The van der Waals surface area contributed by atoms with Gasteiger partial charge in [0.15, 0.2) is 5.78 Å². The highest BCUT2D eigenvalue weighted by atomic mass is 19.4. The first-order chi connectivity index (χ1) is 15.3. The summed E-state index contributed by atoms with van der Waals surface area (Å²) >= 11 is 0. The Labute approximate surface area is 182 Å². The van der Waals surface area contributed by atoms with Crippen LogP contribution in [0.25, 0.3) is 0 Å². The van der Waals surface area contributed by atoms with Crippen LogP contribution < -0.4 is 15.4 Å². The van der Waals surface area contributed by atoms with E-state index in [1.165, 1.54) is 10.6 Å². The highest BCUT2D eigenvalue weighted by Crippen LogP contribution is 2.35. The summed E-state index contributed by atoms with van der Waals surface area (Å²) in [5.74, 6) is -0.233. The molecule has 2 unspecified atom stereocenters. The molecule has 0 aliphatic carbocycles. The van der Waals surface area contributed by atoms with Gasteiger partial charge in [0.05, 0.1) is 18.8 Å². The van der Waals surface area contributed by atoms with Gasteiger partial charge in [0.1, 0.15) is 11.9 Å². The fourth-order valence-electron chi connectivity index (χ4n) is 4.81. The monoisotopic (exact) mass is 448 g/mol. The van der Waals surface area contributed by atoms with Gasteiger partial charge in [-0.15, -0.1) is 0 Å². The van der Waals surface area contributed by atoms with Crippen molar-refractivity contribution >= 4 is 17.5 Å². The van der Waals surface area contributed by atoms with E-state index in [0.717, 1.165) is 17.7 Å². The van der Waals surface area contributed by atoms with E-state index in [1.54, 1.807) is 30.3 Å². The van der Waals surface area contributed by atoms with Crippen LogP contribution >= 0.6 is 0 Å². The van der Waals surface area contributed by atoms with Gasteiger partial charge >= 0.3 is 6.18 Å². The normalized spacial score (nSPS) is 25.0. The van der Waals surface area contributed by atoms with Crippen LogP contribution in [0.15, 0.2) is 41.2 Å². The van der Waals surface area contributed by atoms with Gasteiger partial charge < -0.3 is 14.5 Å². The number of aromatic nitrogens is 2. The van der Waals surface area contributed by atoms with Crippen LogP contribution in [-0.4, -0.2) is 59.4 Å². The van der Waals surface area contributed by atoms with Gasteiger partial charge in [-0.2, -0.15) is 18.2 Å². The first kappa shape index (κ1) is 21.0. The smallest absolute Gasteiger partial charge is 0.371 e. The van der Waals surface area contributed by atoms with Crippen molar-refractivity contribution in [1.29, 1.82) is 0 Å². The van der Waals surface area contributed by atoms with E-state index in [4.69, 9.17) is 4.74 Å². The van der Waals surface area contributed by atoms with Crippen LogP contribution in [0.1, 0.15) is 29.6 Å². The van der Waals surface area contributed by atoms with Gasteiger partial charge in [-0.25, -0.2) is 0 Å². The molecule has 0 amide bonds. The number of rotatable bonds is 4. The fraction of sp³-hybridized carbons (Fsp3) is 0.500. The van der Waals surface area contributed by atoms with Crippen molar-refractivity contribution < 1.29 is 22.7 Å². The van der Waals surface area contributed by atoms with Crippen LogP contribution in [0, 0.1) is 0 Å². The van der Waals surface area contributed by atoms with E-state index in [2.05, 4.69) is 4.98 Å². The second-order valence-electron chi connectivity index (χ2n) is 8.53. The van der Waals surface area contributed by atoms with Gasteiger partial charge in [-0.3, -0.25) is 14.2 Å². The zero-order valence-corrected chi connectivity index (χ0v) is 17.3. The molecule has 0 N–H and O–H groups in total. The average Bonchev–Trinajstić information content (AvgIpc) is 3.11. The minimum atomic E-state index is -4.56. The number of ether oxygens (including phenoxy) is 1. The van der Waals surface area contributed by atoms with Crippen LogP contribution in [-0.2, 0) is 11.3 Å². The maximum atomic E-state index is 13.9. The molecule has 3 aliphatic rings. The largest absolute Gasteiger partial charge is 0.408 e. The topological polar surface area (TPSA) is 67.7 Å². The molecule has 5 rings (SSSR count). The lowest BCUT2D eigenvalue weighted by molar-refractivity contribution is -0.152. The Bertz CT molecular complexity index is 1060. The fourth-order valence-corrected chi connectivity index (χ4v) is 4.81. The third-order valence-electron chi connectivity index (χ3n) is 6.39. The van der Waals surface area contributed by atoms with E-state index in [9.17, 15) is 22.8 Å². The Morgan fingerprint density at radius 3 is 2.44 bits per heavy atom. The summed E-state index contributed by atoms with van der Waals surface area (Å²) in [5, 5.41) is 0.